The van der Waals surface area contributed by atoms with E-state index in [9.17, 15) is 14.2 Å². The summed E-state index contributed by atoms with van der Waals surface area (Å²) in [6, 6.07) is 0. The van der Waals surface area contributed by atoms with Gasteiger partial charge in [0.2, 0.25) is 6.10 Å². The molecule has 0 fully saturated rings. The minimum Gasteiger partial charge on any atom is -0.479 e. The number of aliphatic hydroxyl groups excluding tert-OH is 3. The molecule has 0 aromatic heterocycles. The van der Waals surface area contributed by atoms with E-state index in [4.69, 9.17) is 30.4 Å². The van der Waals surface area contributed by atoms with Gasteiger partial charge in [0.15, 0.2) is 6.10 Å². The fourth-order valence-electron chi connectivity index (χ4n) is 0.774. The van der Waals surface area contributed by atoms with Gasteiger partial charge in [0, 0.05) is 0 Å². The lowest BCUT2D eigenvalue weighted by Crippen LogP contribution is -2.41. The molecule has 0 radical (unpaired) electrons. The van der Waals surface area contributed by atoms with Crippen LogP contribution in [0.3, 0.4) is 0 Å². The molecule has 0 bridgehead atoms. The first-order valence-electron chi connectivity index (χ1n) is 4.69. The van der Waals surface area contributed by atoms with E-state index in [0.29, 0.717) is 0 Å². The average Bonchev–Trinajstić information content (AvgIpc) is 2.31. The summed E-state index contributed by atoms with van der Waals surface area (Å²) in [5, 5.41) is 43.1. The third-order valence-electron chi connectivity index (χ3n) is 1.67. The van der Waals surface area contributed by atoms with Crippen molar-refractivity contribution in [3.63, 3.8) is 0 Å². The third kappa shape index (κ3) is 6.59. The van der Waals surface area contributed by atoms with Crippen molar-refractivity contribution in [1.82, 2.24) is 0 Å². The Morgan fingerprint density at radius 1 is 1.16 bits per heavy atom. The van der Waals surface area contributed by atoms with E-state index in [1.807, 2.05) is 0 Å². The molecule has 12 heteroatoms. The van der Waals surface area contributed by atoms with Gasteiger partial charge in [0.05, 0.1) is 13.2 Å². The molecule has 0 spiro atoms. The summed E-state index contributed by atoms with van der Waals surface area (Å²) < 4.78 is 19.3. The summed E-state index contributed by atoms with van der Waals surface area (Å²) in [6.07, 6.45) is -6.65. The summed E-state index contributed by atoms with van der Waals surface area (Å²) >= 11 is 0. The summed E-state index contributed by atoms with van der Waals surface area (Å²) in [7, 11) is -5.04. The van der Waals surface area contributed by atoms with Crippen molar-refractivity contribution in [2.45, 2.75) is 18.3 Å². The monoisotopic (exact) mass is 304 g/mol. The van der Waals surface area contributed by atoms with Gasteiger partial charge in [-0.2, -0.15) is 0 Å². The number of carboxylic acid groups (broad SMARTS) is 2. The molecule has 0 amide bonds. The van der Waals surface area contributed by atoms with E-state index < -0.39 is 51.3 Å². The second-order valence-electron chi connectivity index (χ2n) is 3.25. The number of hydrogen-bond donors (Lipinski definition) is 6. The molecule has 0 aromatic carbocycles. The molecule has 19 heavy (non-hydrogen) atoms. The van der Waals surface area contributed by atoms with Crippen LogP contribution in [0.4, 0.5) is 0 Å². The molecule has 0 aliphatic heterocycles. The number of phosphoric ester groups is 1. The highest BCUT2D eigenvalue weighted by Gasteiger charge is 2.39. The standard InChI is InChI=1S/C7H13O11P/c8-1-3(9)2-17-19(15,16)18-5(7(13)14)4(10)6(11)12/h3-5,8-10H,1-2H2,(H,11,12)(H,13,14)(H,15,16). The van der Waals surface area contributed by atoms with Gasteiger partial charge in [-0.1, -0.05) is 0 Å². The van der Waals surface area contributed by atoms with Gasteiger partial charge in [-0.15, -0.1) is 0 Å². The van der Waals surface area contributed by atoms with Crippen molar-refractivity contribution in [2.24, 2.45) is 0 Å². The SMILES string of the molecule is O=C(O)C(O)C(OP(=O)(O)OCC(O)CO)C(=O)O. The van der Waals surface area contributed by atoms with Crippen LogP contribution >= 0.6 is 7.82 Å². The lowest BCUT2D eigenvalue weighted by atomic mass is 10.2. The first kappa shape index (κ1) is 17.9. The normalized spacial score (nSPS) is 19.2. The van der Waals surface area contributed by atoms with Gasteiger partial charge in [-0.05, 0) is 0 Å². The molecule has 4 unspecified atom stereocenters. The first-order valence-corrected chi connectivity index (χ1v) is 6.18. The summed E-state index contributed by atoms with van der Waals surface area (Å²) in [5.74, 6) is -3.99. The number of rotatable bonds is 9. The van der Waals surface area contributed by atoms with Crippen molar-refractivity contribution in [3.05, 3.63) is 0 Å². The number of carbonyl (C=O) groups is 2. The van der Waals surface area contributed by atoms with E-state index in [1.165, 1.54) is 0 Å². The molecule has 112 valence electrons. The highest BCUT2D eigenvalue weighted by Crippen LogP contribution is 2.45. The van der Waals surface area contributed by atoms with Crippen molar-refractivity contribution < 1.29 is 53.6 Å². The largest absolute Gasteiger partial charge is 0.479 e. The highest BCUT2D eigenvalue weighted by atomic mass is 31.2. The molecule has 0 saturated carbocycles. The van der Waals surface area contributed by atoms with Crippen LogP contribution in [0, 0.1) is 0 Å². The first-order chi connectivity index (χ1) is 8.60. The van der Waals surface area contributed by atoms with Crippen molar-refractivity contribution in [2.75, 3.05) is 13.2 Å². The third-order valence-corrected chi connectivity index (χ3v) is 2.64. The van der Waals surface area contributed by atoms with Crippen LogP contribution in [0.2, 0.25) is 0 Å². The van der Waals surface area contributed by atoms with Gasteiger partial charge >= 0.3 is 19.8 Å². The Hall–Kier alpha value is -1.07. The number of phosphoric acid groups is 1. The Kier molecular flexibility index (Phi) is 7.08. The Morgan fingerprint density at radius 2 is 1.68 bits per heavy atom. The van der Waals surface area contributed by atoms with Gasteiger partial charge < -0.3 is 30.4 Å². The minimum absolute atomic E-state index is 0.792. The summed E-state index contributed by atoms with van der Waals surface area (Å²) in [6.45, 7) is -1.65. The molecule has 6 N–H and O–H groups in total. The zero-order chi connectivity index (χ0) is 15.2. The zero-order valence-corrected chi connectivity index (χ0v) is 10.2. The second kappa shape index (κ2) is 7.50. The second-order valence-corrected chi connectivity index (χ2v) is 4.65. The maximum absolute atomic E-state index is 11.2. The number of aliphatic hydroxyl groups is 3. The highest BCUT2D eigenvalue weighted by molar-refractivity contribution is 7.47. The van der Waals surface area contributed by atoms with Crippen molar-refractivity contribution in [1.29, 1.82) is 0 Å². The predicted octanol–water partition coefficient (Wildman–Crippen LogP) is -2.63. The Bertz CT molecular complexity index is 368. The fraction of sp³-hybridized carbons (Fsp3) is 0.714. The Morgan fingerprint density at radius 3 is 2.05 bits per heavy atom. The van der Waals surface area contributed by atoms with Crippen LogP contribution in [-0.2, 0) is 23.2 Å². The fourth-order valence-corrected chi connectivity index (χ4v) is 1.69. The van der Waals surface area contributed by atoms with Gasteiger partial charge in [0.1, 0.15) is 6.10 Å². The topological polar surface area (TPSA) is 191 Å². The van der Waals surface area contributed by atoms with E-state index in [1.54, 1.807) is 0 Å². The zero-order valence-electron chi connectivity index (χ0n) is 9.32. The summed E-state index contributed by atoms with van der Waals surface area (Å²) in [4.78, 5) is 30.0. The van der Waals surface area contributed by atoms with Crippen LogP contribution < -0.4 is 0 Å². The van der Waals surface area contributed by atoms with Crippen molar-refractivity contribution in [3.8, 4) is 0 Å². The molecule has 4 atom stereocenters. The van der Waals surface area contributed by atoms with E-state index in [-0.39, 0.29) is 0 Å². The molecule has 0 heterocycles. The van der Waals surface area contributed by atoms with Gasteiger partial charge in [-0.25, -0.2) is 14.2 Å². The van der Waals surface area contributed by atoms with Crippen molar-refractivity contribution >= 4 is 19.8 Å². The maximum Gasteiger partial charge on any atom is 0.473 e. The average molecular weight is 304 g/mol. The Labute approximate surface area is 106 Å². The lowest BCUT2D eigenvalue weighted by molar-refractivity contribution is -0.165. The lowest BCUT2D eigenvalue weighted by Gasteiger charge is -2.20. The number of carboxylic acids is 2. The van der Waals surface area contributed by atoms with Crippen LogP contribution in [-0.4, -0.2) is 73.9 Å². The number of aliphatic carboxylic acids is 2. The summed E-state index contributed by atoms with van der Waals surface area (Å²) in [5.41, 5.74) is 0. The van der Waals surface area contributed by atoms with Crippen LogP contribution in [0.5, 0.6) is 0 Å². The molecule has 0 aromatic rings. The molecule has 0 aliphatic rings. The van der Waals surface area contributed by atoms with Crippen LogP contribution in [0.15, 0.2) is 0 Å². The molecule has 0 saturated heterocycles. The van der Waals surface area contributed by atoms with Crippen LogP contribution in [0.25, 0.3) is 0 Å². The molecule has 0 aliphatic carbocycles. The predicted molar refractivity (Wildman–Crippen MR) is 55.0 cm³/mol. The van der Waals surface area contributed by atoms with Crippen LogP contribution in [0.1, 0.15) is 0 Å². The molecule has 0 rings (SSSR count). The van der Waals surface area contributed by atoms with E-state index >= 15 is 0 Å². The van der Waals surface area contributed by atoms with E-state index in [0.717, 1.165) is 0 Å². The van der Waals surface area contributed by atoms with Gasteiger partial charge in [-0.3, -0.25) is 9.05 Å². The molecular formula is C7H13O11P. The molecular weight excluding hydrogens is 291 g/mol. The quantitative estimate of drug-likeness (QED) is 0.244. The van der Waals surface area contributed by atoms with E-state index in [2.05, 4.69) is 9.05 Å². The maximum atomic E-state index is 11.2. The molecule has 11 nitrogen and oxygen atoms in total. The van der Waals surface area contributed by atoms with Gasteiger partial charge in [0.25, 0.3) is 0 Å². The minimum atomic E-state index is -5.04. The smallest absolute Gasteiger partial charge is 0.473 e. The number of hydrogen-bond acceptors (Lipinski definition) is 8. The Balaban J connectivity index is 4.70.